The molecule has 5 saturated carbocycles. The number of ether oxygens (including phenoxy) is 4. The molecule has 42 heavy (non-hydrogen) atoms. The van der Waals surface area contributed by atoms with Crippen LogP contribution in [0.2, 0.25) is 0 Å². The third kappa shape index (κ3) is 2.71. The van der Waals surface area contributed by atoms with Gasteiger partial charge in [-0.05, 0) is 19.8 Å². The first-order valence-corrected chi connectivity index (χ1v) is 15.0. The molecule has 0 amide bonds. The molecule has 2 saturated heterocycles. The smallest absolute Gasteiger partial charge is 0.341 e. The fraction of sp³-hybridized carbons (Fsp3) is 0.867. The number of epoxide rings is 2. The van der Waals surface area contributed by atoms with Gasteiger partial charge in [0.1, 0.15) is 24.4 Å². The molecule has 0 aromatic carbocycles. The van der Waals surface area contributed by atoms with E-state index in [1.807, 2.05) is 13.8 Å². The van der Waals surface area contributed by atoms with Gasteiger partial charge < -0.3 is 39.4 Å². The van der Waals surface area contributed by atoms with Crippen LogP contribution >= 0.6 is 0 Å². The highest BCUT2D eigenvalue weighted by Gasteiger charge is 3.01. The Morgan fingerprint density at radius 3 is 2.12 bits per heavy atom. The van der Waals surface area contributed by atoms with Gasteiger partial charge in [0.2, 0.25) is 11.4 Å². The number of carboxylic acid groups (broad SMARTS) is 1. The van der Waals surface area contributed by atoms with Gasteiger partial charge in [0.15, 0.2) is 16.8 Å². The summed E-state index contributed by atoms with van der Waals surface area (Å²) in [5.41, 5.74) is -13.3. The predicted octanol–water partition coefficient (Wildman–Crippen LogP) is 0.754. The molecule has 0 radical (unpaired) electrons. The van der Waals surface area contributed by atoms with Gasteiger partial charge in [-0.25, -0.2) is 4.79 Å². The Kier molecular flexibility index (Phi) is 5.79. The van der Waals surface area contributed by atoms with Crippen molar-refractivity contribution in [3.05, 3.63) is 0 Å². The molecular formula is C30H42O12. The molecule has 2 heterocycles. The minimum Gasteiger partial charge on any atom is -0.479 e. The van der Waals surface area contributed by atoms with E-state index in [0.29, 0.717) is 12.8 Å². The predicted molar refractivity (Wildman–Crippen MR) is 141 cm³/mol. The zero-order valence-electron chi connectivity index (χ0n) is 25.3. The number of hydrogen-bond acceptors (Lipinski definition) is 11. The van der Waals surface area contributed by atoms with Gasteiger partial charge in [0, 0.05) is 23.2 Å². The van der Waals surface area contributed by atoms with E-state index < -0.39 is 111 Å². The Labute approximate surface area is 244 Å². The van der Waals surface area contributed by atoms with Gasteiger partial charge in [-0.1, -0.05) is 48.5 Å². The fourth-order valence-corrected chi connectivity index (χ4v) is 9.60. The van der Waals surface area contributed by atoms with Crippen LogP contribution in [0.3, 0.4) is 0 Å². The normalized spacial score (nSPS) is 53.5. The maximum Gasteiger partial charge on any atom is 0.341 e. The Balaban J connectivity index is 1.60. The molecule has 2 bridgehead atoms. The van der Waals surface area contributed by atoms with Gasteiger partial charge in [0.25, 0.3) is 0 Å². The first-order chi connectivity index (χ1) is 19.3. The topological polar surface area (TPSA) is 193 Å². The van der Waals surface area contributed by atoms with E-state index in [2.05, 4.69) is 0 Å². The van der Waals surface area contributed by atoms with Crippen molar-refractivity contribution in [3.8, 4) is 0 Å². The summed E-state index contributed by atoms with van der Waals surface area (Å²) in [6, 6.07) is 0. The first-order valence-electron chi connectivity index (χ1n) is 15.0. The number of fused-ring (bicyclic) bond motifs is 5. The zero-order valence-corrected chi connectivity index (χ0v) is 25.3. The van der Waals surface area contributed by atoms with Crippen LogP contribution in [-0.4, -0.2) is 96.5 Å². The molecule has 12 nitrogen and oxygen atoms in total. The van der Waals surface area contributed by atoms with Crippen molar-refractivity contribution in [3.63, 3.8) is 0 Å². The summed E-state index contributed by atoms with van der Waals surface area (Å²) in [5.74, 6) is -7.27. The molecule has 0 aromatic rings. The lowest BCUT2D eigenvalue weighted by molar-refractivity contribution is -0.422. The van der Waals surface area contributed by atoms with Crippen molar-refractivity contribution in [2.75, 3.05) is 0 Å². The molecule has 4 N–H and O–H groups in total. The van der Waals surface area contributed by atoms with Crippen molar-refractivity contribution in [2.45, 2.75) is 127 Å². The quantitative estimate of drug-likeness (QED) is 0.239. The number of rotatable bonds is 7. The molecule has 7 aliphatic rings. The van der Waals surface area contributed by atoms with Gasteiger partial charge in [-0.3, -0.25) is 14.4 Å². The summed E-state index contributed by atoms with van der Waals surface area (Å²) in [6.45, 7) is 13.4. The van der Waals surface area contributed by atoms with E-state index in [0.717, 1.165) is 0 Å². The number of ketones is 1. The van der Waals surface area contributed by atoms with E-state index in [1.165, 1.54) is 6.92 Å². The molecule has 12 heteroatoms. The Morgan fingerprint density at radius 2 is 1.60 bits per heavy atom. The van der Waals surface area contributed by atoms with Crippen LogP contribution in [0.25, 0.3) is 0 Å². The lowest BCUT2D eigenvalue weighted by Gasteiger charge is -2.79. The molecule has 0 aromatic heterocycles. The lowest BCUT2D eigenvalue weighted by atomic mass is 9.27. The molecule has 14 unspecified atom stereocenters. The highest BCUT2D eigenvalue weighted by molar-refractivity contribution is 6.03. The van der Waals surface area contributed by atoms with Gasteiger partial charge >= 0.3 is 17.9 Å². The largest absolute Gasteiger partial charge is 0.479 e. The highest BCUT2D eigenvalue weighted by Crippen LogP contribution is 2.85. The Bertz CT molecular complexity index is 1300. The number of carbonyl (C=O) groups excluding carboxylic acids is 3. The van der Waals surface area contributed by atoms with Crippen LogP contribution in [0.5, 0.6) is 0 Å². The van der Waals surface area contributed by atoms with E-state index >= 15 is 0 Å². The van der Waals surface area contributed by atoms with Crippen molar-refractivity contribution in [1.82, 2.24) is 0 Å². The highest BCUT2D eigenvalue weighted by atomic mass is 16.7. The molecule has 7 rings (SSSR count). The van der Waals surface area contributed by atoms with Gasteiger partial charge in [0.05, 0.1) is 23.4 Å². The second-order valence-corrected chi connectivity index (χ2v) is 14.5. The number of aliphatic hydroxyl groups excluding tert-OH is 1. The standard InChI is InChI=1S/C30H42O12/c1-9-12(3)18(31)39-16-14(5)30(38)15-17-25(8,40-17)20(33)28(15,37)21(34)29(23(35)36)22(42-29)26(30)11-27(16,24(26,6)7)41-19(32)13(4)10-2/h12-17,21-22,34,37-38H,9-11H2,1-8H3,(H,35,36). The fourth-order valence-electron chi connectivity index (χ4n) is 9.60. The van der Waals surface area contributed by atoms with Crippen LogP contribution < -0.4 is 0 Å². The number of carbonyl (C=O) groups is 4. The minimum atomic E-state index is -2.75. The number of carboxylic acids is 1. The molecule has 7 fully saturated rings. The SMILES string of the molecule is CCC(C)C(=O)OC1C(C)C2(O)C3C4OC4(C)C(=O)C3(O)C(O)C3(C(=O)O)OC3C23CC1(OC(=O)C(C)CC)C3(C)C. The molecule has 2 aliphatic heterocycles. The number of aliphatic carboxylic acids is 1. The third-order valence-corrected chi connectivity index (χ3v) is 12.8. The van der Waals surface area contributed by atoms with E-state index in [4.69, 9.17) is 18.9 Å². The molecular weight excluding hydrogens is 552 g/mol. The molecule has 1 spiro atoms. The van der Waals surface area contributed by atoms with Gasteiger partial charge in [-0.15, -0.1) is 0 Å². The summed E-state index contributed by atoms with van der Waals surface area (Å²) in [7, 11) is 0. The average molecular weight is 595 g/mol. The van der Waals surface area contributed by atoms with Crippen molar-refractivity contribution in [2.24, 2.45) is 34.5 Å². The molecule has 14 atom stereocenters. The Hall–Kier alpha value is -2.12. The number of esters is 2. The summed E-state index contributed by atoms with van der Waals surface area (Å²) in [4.78, 5) is 53.3. The second kappa shape index (κ2) is 8.12. The van der Waals surface area contributed by atoms with E-state index in [-0.39, 0.29) is 6.42 Å². The van der Waals surface area contributed by atoms with E-state index in [9.17, 15) is 39.6 Å². The molecule has 5 aliphatic carbocycles. The summed E-state index contributed by atoms with van der Waals surface area (Å²) >= 11 is 0. The van der Waals surface area contributed by atoms with Crippen molar-refractivity contribution >= 4 is 23.7 Å². The van der Waals surface area contributed by atoms with Crippen molar-refractivity contribution in [1.29, 1.82) is 0 Å². The zero-order chi connectivity index (χ0) is 31.4. The average Bonchev–Trinajstić information content (AvgIpc) is 3.83. The van der Waals surface area contributed by atoms with Gasteiger partial charge in [-0.2, -0.15) is 0 Å². The summed E-state index contributed by atoms with van der Waals surface area (Å²) in [6.07, 6.45) is -5.14. The maximum atomic E-state index is 13.8. The van der Waals surface area contributed by atoms with Crippen LogP contribution in [0, 0.1) is 34.5 Å². The lowest BCUT2D eigenvalue weighted by Crippen LogP contribution is -2.90. The van der Waals surface area contributed by atoms with Crippen molar-refractivity contribution < 1.29 is 58.6 Å². The van der Waals surface area contributed by atoms with Crippen LogP contribution in [-0.2, 0) is 38.1 Å². The summed E-state index contributed by atoms with van der Waals surface area (Å²) in [5, 5.41) is 47.5. The van der Waals surface area contributed by atoms with Crippen LogP contribution in [0.1, 0.15) is 74.7 Å². The van der Waals surface area contributed by atoms with Crippen LogP contribution in [0.15, 0.2) is 0 Å². The third-order valence-electron chi connectivity index (χ3n) is 12.8. The first kappa shape index (κ1) is 29.9. The Morgan fingerprint density at radius 1 is 1.02 bits per heavy atom. The monoisotopic (exact) mass is 594 g/mol. The number of hydrogen-bond donors (Lipinski definition) is 4. The van der Waals surface area contributed by atoms with Crippen LogP contribution in [0.4, 0.5) is 0 Å². The number of Topliss-reactive ketones (excluding diaryl/α,β-unsaturated/α-hetero) is 1. The van der Waals surface area contributed by atoms with E-state index in [1.54, 1.807) is 34.6 Å². The minimum absolute atomic E-state index is 0.189. The number of aliphatic hydroxyl groups is 3. The second-order valence-electron chi connectivity index (χ2n) is 14.5. The molecule has 234 valence electrons. The summed E-state index contributed by atoms with van der Waals surface area (Å²) < 4.78 is 24.1. The maximum absolute atomic E-state index is 13.8.